The number of hydrogen-bond acceptors (Lipinski definition) is 3. The Morgan fingerprint density at radius 3 is 3.08 bits per heavy atom. The van der Waals surface area contributed by atoms with Crippen molar-refractivity contribution in [1.29, 1.82) is 0 Å². The second-order valence-electron chi connectivity index (χ2n) is 2.00. The van der Waals surface area contributed by atoms with Crippen molar-refractivity contribution in [3.05, 3.63) is 23.5 Å². The molecule has 0 fully saturated rings. The quantitative estimate of drug-likeness (QED) is 0.723. The van der Waals surface area contributed by atoms with Gasteiger partial charge in [-0.05, 0) is 6.07 Å². The summed E-state index contributed by atoms with van der Waals surface area (Å²) >= 11 is 5.52. The zero-order valence-corrected chi connectivity index (χ0v) is 6.78. The van der Waals surface area contributed by atoms with Gasteiger partial charge in [0.2, 0.25) is 0 Å². The summed E-state index contributed by atoms with van der Waals surface area (Å²) < 4.78 is 4.82. The molecule has 1 heterocycles. The van der Waals surface area contributed by atoms with E-state index in [-0.39, 0.29) is 11.8 Å². The minimum atomic E-state index is -1.03. The molecule has 12 heavy (non-hydrogen) atoms. The van der Waals surface area contributed by atoms with Gasteiger partial charge in [0, 0.05) is 12.3 Å². The van der Waals surface area contributed by atoms with Crippen molar-refractivity contribution >= 4 is 17.6 Å². The zero-order valence-electron chi connectivity index (χ0n) is 6.03. The molecule has 0 spiro atoms. The van der Waals surface area contributed by atoms with Gasteiger partial charge in [-0.1, -0.05) is 11.6 Å². The molecule has 0 saturated heterocycles. The van der Waals surface area contributed by atoms with E-state index in [4.69, 9.17) is 21.4 Å². The average Bonchev–Trinajstić information content (AvgIpc) is 2.01. The summed E-state index contributed by atoms with van der Waals surface area (Å²) in [6.07, 6.45) is 1.44. The SMILES string of the molecule is O=C(O)COc1ccnc(Cl)c1. The van der Waals surface area contributed by atoms with Crippen molar-refractivity contribution in [1.82, 2.24) is 4.98 Å². The van der Waals surface area contributed by atoms with Gasteiger partial charge in [-0.3, -0.25) is 0 Å². The van der Waals surface area contributed by atoms with Crippen LogP contribution in [0.2, 0.25) is 5.15 Å². The fourth-order valence-electron chi connectivity index (χ4n) is 0.620. The van der Waals surface area contributed by atoms with Crippen molar-refractivity contribution in [3.63, 3.8) is 0 Å². The van der Waals surface area contributed by atoms with Crippen LogP contribution in [0.5, 0.6) is 5.75 Å². The Hall–Kier alpha value is -1.29. The highest BCUT2D eigenvalue weighted by Crippen LogP contribution is 2.13. The predicted octanol–water partition coefficient (Wildman–Crippen LogP) is 1.20. The number of rotatable bonds is 3. The number of ether oxygens (including phenoxy) is 1. The van der Waals surface area contributed by atoms with Crippen LogP contribution in [-0.4, -0.2) is 22.7 Å². The molecule has 0 aliphatic carbocycles. The minimum absolute atomic E-state index is 0.276. The molecule has 0 unspecified atom stereocenters. The Balaban J connectivity index is 2.57. The minimum Gasteiger partial charge on any atom is -0.482 e. The van der Waals surface area contributed by atoms with E-state index in [1.165, 1.54) is 18.3 Å². The average molecular weight is 188 g/mol. The highest BCUT2D eigenvalue weighted by molar-refractivity contribution is 6.29. The number of aromatic nitrogens is 1. The maximum atomic E-state index is 10.1. The third kappa shape index (κ3) is 2.75. The Morgan fingerprint density at radius 2 is 2.50 bits per heavy atom. The maximum Gasteiger partial charge on any atom is 0.341 e. The second-order valence-corrected chi connectivity index (χ2v) is 2.38. The fourth-order valence-corrected chi connectivity index (χ4v) is 0.783. The number of aliphatic carboxylic acids is 1. The van der Waals surface area contributed by atoms with Gasteiger partial charge >= 0.3 is 5.97 Å². The number of pyridine rings is 1. The van der Waals surface area contributed by atoms with Gasteiger partial charge in [0.05, 0.1) is 0 Å². The molecule has 0 aliphatic heterocycles. The third-order valence-electron chi connectivity index (χ3n) is 1.06. The van der Waals surface area contributed by atoms with Gasteiger partial charge in [-0.25, -0.2) is 9.78 Å². The zero-order chi connectivity index (χ0) is 8.97. The molecule has 0 bridgehead atoms. The highest BCUT2D eigenvalue weighted by atomic mass is 35.5. The maximum absolute atomic E-state index is 10.1. The second kappa shape index (κ2) is 3.92. The first-order valence-corrected chi connectivity index (χ1v) is 3.52. The van der Waals surface area contributed by atoms with Crippen molar-refractivity contribution in [2.24, 2.45) is 0 Å². The van der Waals surface area contributed by atoms with Crippen LogP contribution in [0.15, 0.2) is 18.3 Å². The number of carbonyl (C=O) groups is 1. The van der Waals surface area contributed by atoms with Gasteiger partial charge in [-0.15, -0.1) is 0 Å². The summed E-state index contributed by atoms with van der Waals surface area (Å²) in [7, 11) is 0. The van der Waals surface area contributed by atoms with Crippen molar-refractivity contribution < 1.29 is 14.6 Å². The molecular formula is C7H6ClNO3. The summed E-state index contributed by atoms with van der Waals surface area (Å²) in [4.78, 5) is 13.8. The summed E-state index contributed by atoms with van der Waals surface area (Å²) in [5.41, 5.74) is 0. The molecule has 1 rings (SSSR count). The van der Waals surface area contributed by atoms with E-state index in [9.17, 15) is 4.79 Å². The van der Waals surface area contributed by atoms with Crippen LogP contribution in [0.4, 0.5) is 0 Å². The molecular weight excluding hydrogens is 182 g/mol. The van der Waals surface area contributed by atoms with Crippen LogP contribution < -0.4 is 4.74 Å². The summed E-state index contributed by atoms with van der Waals surface area (Å²) in [6.45, 7) is -0.375. The van der Waals surface area contributed by atoms with Gasteiger partial charge in [0.15, 0.2) is 6.61 Å². The van der Waals surface area contributed by atoms with Gasteiger partial charge < -0.3 is 9.84 Å². The molecule has 0 saturated carbocycles. The molecule has 0 radical (unpaired) electrons. The summed E-state index contributed by atoms with van der Waals surface area (Å²) in [5, 5.41) is 8.55. The molecule has 4 nitrogen and oxygen atoms in total. The third-order valence-corrected chi connectivity index (χ3v) is 1.27. The molecule has 1 aromatic heterocycles. The normalized spacial score (nSPS) is 9.42. The van der Waals surface area contributed by atoms with Crippen molar-refractivity contribution in [2.75, 3.05) is 6.61 Å². The van der Waals surface area contributed by atoms with E-state index in [2.05, 4.69) is 4.98 Å². The van der Waals surface area contributed by atoms with E-state index in [1.54, 1.807) is 0 Å². The first kappa shape index (κ1) is 8.80. The number of hydrogen-bond donors (Lipinski definition) is 1. The number of nitrogens with zero attached hydrogens (tertiary/aromatic N) is 1. The van der Waals surface area contributed by atoms with Crippen LogP contribution in [-0.2, 0) is 4.79 Å². The molecule has 1 N–H and O–H groups in total. The Labute approximate surface area is 73.8 Å². The lowest BCUT2D eigenvalue weighted by Crippen LogP contribution is -2.09. The van der Waals surface area contributed by atoms with Crippen LogP contribution in [0.3, 0.4) is 0 Å². The molecule has 64 valence electrons. The Bertz CT molecular complexity index is 290. The lowest BCUT2D eigenvalue weighted by molar-refractivity contribution is -0.139. The van der Waals surface area contributed by atoms with Gasteiger partial charge in [0.1, 0.15) is 10.9 Å². The lowest BCUT2D eigenvalue weighted by Gasteiger charge is -2.01. The van der Waals surface area contributed by atoms with E-state index < -0.39 is 5.97 Å². The molecule has 5 heteroatoms. The first-order chi connectivity index (χ1) is 5.68. The van der Waals surface area contributed by atoms with Gasteiger partial charge in [-0.2, -0.15) is 0 Å². The van der Waals surface area contributed by atoms with E-state index in [1.807, 2.05) is 0 Å². The smallest absolute Gasteiger partial charge is 0.341 e. The molecule has 0 aliphatic rings. The molecule has 0 aromatic carbocycles. The van der Waals surface area contributed by atoms with Crippen molar-refractivity contribution in [3.8, 4) is 5.75 Å². The van der Waals surface area contributed by atoms with E-state index in [0.717, 1.165) is 0 Å². The monoisotopic (exact) mass is 187 g/mol. The van der Waals surface area contributed by atoms with Crippen LogP contribution in [0, 0.1) is 0 Å². The predicted molar refractivity (Wildman–Crippen MR) is 42.4 cm³/mol. The lowest BCUT2D eigenvalue weighted by atomic mass is 10.4. The standard InChI is InChI=1S/C7H6ClNO3/c8-6-3-5(1-2-9-6)12-4-7(10)11/h1-3H,4H2,(H,10,11). The topological polar surface area (TPSA) is 59.4 Å². The van der Waals surface area contributed by atoms with E-state index in [0.29, 0.717) is 5.75 Å². The molecule has 1 aromatic rings. The number of carboxylic acids is 1. The fraction of sp³-hybridized carbons (Fsp3) is 0.143. The van der Waals surface area contributed by atoms with Crippen LogP contribution in [0.1, 0.15) is 0 Å². The molecule has 0 atom stereocenters. The summed E-state index contributed by atoms with van der Waals surface area (Å²) in [5.74, 6) is -0.625. The summed E-state index contributed by atoms with van der Waals surface area (Å²) in [6, 6.07) is 2.99. The number of carboxylic acid groups (broad SMARTS) is 1. The van der Waals surface area contributed by atoms with E-state index >= 15 is 0 Å². The molecule has 0 amide bonds. The van der Waals surface area contributed by atoms with Crippen molar-refractivity contribution in [2.45, 2.75) is 0 Å². The van der Waals surface area contributed by atoms with Crippen LogP contribution in [0.25, 0.3) is 0 Å². The Kier molecular flexibility index (Phi) is 2.88. The van der Waals surface area contributed by atoms with Crippen LogP contribution >= 0.6 is 11.6 Å². The Morgan fingerprint density at radius 1 is 1.75 bits per heavy atom. The number of halogens is 1. The van der Waals surface area contributed by atoms with Gasteiger partial charge in [0.25, 0.3) is 0 Å². The first-order valence-electron chi connectivity index (χ1n) is 3.14. The largest absolute Gasteiger partial charge is 0.482 e. The highest BCUT2D eigenvalue weighted by Gasteiger charge is 1.99.